The van der Waals surface area contributed by atoms with Gasteiger partial charge in [0.2, 0.25) is 0 Å². The quantitative estimate of drug-likeness (QED) is 0.818. The van der Waals surface area contributed by atoms with Gasteiger partial charge in [0.15, 0.2) is 4.67 Å². The van der Waals surface area contributed by atoms with Gasteiger partial charge in [0, 0.05) is 10.5 Å². The van der Waals surface area contributed by atoms with Crippen LogP contribution in [0.15, 0.2) is 43.9 Å². The van der Waals surface area contributed by atoms with Crippen LogP contribution in [0.5, 0.6) is 5.75 Å². The number of hydrogen-bond acceptors (Lipinski definition) is 3. The lowest BCUT2D eigenvalue weighted by Crippen LogP contribution is -2.06. The summed E-state index contributed by atoms with van der Waals surface area (Å²) in [5, 5.41) is 3.37. The van der Waals surface area contributed by atoms with Gasteiger partial charge in [-0.3, -0.25) is 0 Å². The van der Waals surface area contributed by atoms with Crippen molar-refractivity contribution in [3.63, 3.8) is 0 Å². The highest BCUT2D eigenvalue weighted by Gasteiger charge is 2.11. The minimum absolute atomic E-state index is 0.0692. The van der Waals surface area contributed by atoms with Crippen molar-refractivity contribution in [3.8, 4) is 5.75 Å². The Morgan fingerprint density at radius 3 is 2.61 bits per heavy atom. The Kier molecular flexibility index (Phi) is 4.35. The summed E-state index contributed by atoms with van der Waals surface area (Å²) in [7, 11) is 1.65. The third-order valence-corrected chi connectivity index (χ3v) is 3.68. The van der Waals surface area contributed by atoms with Gasteiger partial charge in [0.1, 0.15) is 11.5 Å². The molecule has 0 fully saturated rings. The summed E-state index contributed by atoms with van der Waals surface area (Å²) in [5.74, 6) is 1.69. The molecule has 0 bridgehead atoms. The lowest BCUT2D eigenvalue weighted by molar-refractivity contribution is 0.414. The number of methoxy groups -OCH3 is 1. The molecule has 5 heteroatoms. The molecule has 1 N–H and O–H groups in total. The highest BCUT2D eigenvalue weighted by molar-refractivity contribution is 9.10. The SMILES string of the molecule is COc1ccc(Br)c(NC(C)c2ccc(Br)o2)c1. The standard InChI is InChI=1S/C13H13Br2NO2/c1-8(12-5-6-13(15)18-12)16-11-7-9(17-2)3-4-10(11)14/h3-8,16H,1-2H3. The normalized spacial score (nSPS) is 12.2. The van der Waals surface area contributed by atoms with Crippen molar-refractivity contribution < 1.29 is 9.15 Å². The molecule has 1 atom stereocenters. The summed E-state index contributed by atoms with van der Waals surface area (Å²) in [5.41, 5.74) is 0.967. The lowest BCUT2D eigenvalue weighted by Gasteiger charge is -2.15. The number of rotatable bonds is 4. The van der Waals surface area contributed by atoms with Gasteiger partial charge in [-0.05, 0) is 63.0 Å². The van der Waals surface area contributed by atoms with E-state index in [0.717, 1.165) is 26.3 Å². The number of anilines is 1. The molecule has 1 aromatic heterocycles. The molecule has 0 saturated heterocycles. The minimum Gasteiger partial charge on any atom is -0.497 e. The van der Waals surface area contributed by atoms with Crippen molar-refractivity contribution in [2.75, 3.05) is 12.4 Å². The number of hydrogen-bond donors (Lipinski definition) is 1. The summed E-state index contributed by atoms with van der Waals surface area (Å²) in [6, 6.07) is 9.69. The van der Waals surface area contributed by atoms with Crippen LogP contribution in [0.4, 0.5) is 5.69 Å². The molecule has 1 unspecified atom stereocenters. The molecule has 2 aromatic rings. The molecule has 96 valence electrons. The van der Waals surface area contributed by atoms with E-state index in [2.05, 4.69) is 37.2 Å². The van der Waals surface area contributed by atoms with Crippen molar-refractivity contribution >= 4 is 37.5 Å². The Balaban J connectivity index is 2.18. The highest BCUT2D eigenvalue weighted by Crippen LogP contribution is 2.31. The molecule has 3 nitrogen and oxygen atoms in total. The van der Waals surface area contributed by atoms with Crippen LogP contribution in [0.1, 0.15) is 18.7 Å². The van der Waals surface area contributed by atoms with Crippen LogP contribution in [0.3, 0.4) is 0 Å². The molecular weight excluding hydrogens is 362 g/mol. The first-order chi connectivity index (χ1) is 8.60. The first-order valence-corrected chi connectivity index (χ1v) is 7.04. The summed E-state index contributed by atoms with van der Waals surface area (Å²) >= 11 is 6.81. The van der Waals surface area contributed by atoms with Gasteiger partial charge in [-0.1, -0.05) is 0 Å². The van der Waals surface area contributed by atoms with E-state index in [1.54, 1.807) is 7.11 Å². The molecular formula is C13H13Br2NO2. The smallest absolute Gasteiger partial charge is 0.169 e. The summed E-state index contributed by atoms with van der Waals surface area (Å²) in [6.45, 7) is 2.04. The topological polar surface area (TPSA) is 34.4 Å². The number of halogens is 2. The van der Waals surface area contributed by atoms with E-state index in [9.17, 15) is 0 Å². The fourth-order valence-corrected chi connectivity index (χ4v) is 2.29. The lowest BCUT2D eigenvalue weighted by atomic mass is 10.2. The Morgan fingerprint density at radius 1 is 1.22 bits per heavy atom. The molecule has 0 spiro atoms. The zero-order valence-corrected chi connectivity index (χ0v) is 13.2. The predicted octanol–water partition coefficient (Wildman–Crippen LogP) is 4.99. The monoisotopic (exact) mass is 373 g/mol. The summed E-state index contributed by atoms with van der Waals surface area (Å²) in [4.78, 5) is 0. The second-order valence-corrected chi connectivity index (χ2v) is 5.49. The Labute approximate surface area is 123 Å². The molecule has 2 rings (SSSR count). The zero-order chi connectivity index (χ0) is 13.1. The number of furan rings is 1. The van der Waals surface area contributed by atoms with Gasteiger partial charge >= 0.3 is 0 Å². The van der Waals surface area contributed by atoms with E-state index in [1.165, 1.54) is 0 Å². The maximum Gasteiger partial charge on any atom is 0.169 e. The van der Waals surface area contributed by atoms with Crippen LogP contribution >= 0.6 is 31.9 Å². The average Bonchev–Trinajstić information content (AvgIpc) is 2.79. The van der Waals surface area contributed by atoms with Gasteiger partial charge in [-0.15, -0.1) is 0 Å². The molecule has 0 radical (unpaired) electrons. The first-order valence-electron chi connectivity index (χ1n) is 5.45. The third-order valence-electron chi connectivity index (χ3n) is 2.57. The van der Waals surface area contributed by atoms with Crippen LogP contribution in [0, 0.1) is 0 Å². The van der Waals surface area contributed by atoms with Crippen molar-refractivity contribution in [1.82, 2.24) is 0 Å². The molecule has 0 aliphatic heterocycles. The first kappa shape index (κ1) is 13.5. The van der Waals surface area contributed by atoms with Gasteiger partial charge in [0.05, 0.1) is 18.8 Å². The van der Waals surface area contributed by atoms with E-state index >= 15 is 0 Å². The highest BCUT2D eigenvalue weighted by atomic mass is 79.9. The fourth-order valence-electron chi connectivity index (χ4n) is 1.61. The second-order valence-electron chi connectivity index (χ2n) is 3.85. The molecule has 1 aromatic carbocycles. The van der Waals surface area contributed by atoms with Gasteiger partial charge in [-0.25, -0.2) is 0 Å². The number of benzene rings is 1. The predicted molar refractivity (Wildman–Crippen MR) is 79.1 cm³/mol. The van der Waals surface area contributed by atoms with E-state index in [1.807, 2.05) is 37.3 Å². The molecule has 18 heavy (non-hydrogen) atoms. The average molecular weight is 375 g/mol. The second kappa shape index (κ2) is 5.80. The van der Waals surface area contributed by atoms with Crippen molar-refractivity contribution in [2.24, 2.45) is 0 Å². The largest absolute Gasteiger partial charge is 0.497 e. The molecule has 1 heterocycles. The Morgan fingerprint density at radius 2 is 2.00 bits per heavy atom. The maximum absolute atomic E-state index is 5.52. The maximum atomic E-state index is 5.52. The van der Waals surface area contributed by atoms with Crippen LogP contribution < -0.4 is 10.1 Å². The van der Waals surface area contributed by atoms with Crippen LogP contribution in [0.2, 0.25) is 0 Å². The molecule has 0 amide bonds. The summed E-state index contributed by atoms with van der Waals surface area (Å²) in [6.07, 6.45) is 0. The van der Waals surface area contributed by atoms with Crippen molar-refractivity contribution in [3.05, 3.63) is 45.2 Å². The van der Waals surface area contributed by atoms with E-state index in [-0.39, 0.29) is 6.04 Å². The number of ether oxygens (including phenoxy) is 1. The summed E-state index contributed by atoms with van der Waals surface area (Å²) < 4.78 is 12.5. The van der Waals surface area contributed by atoms with Gasteiger partial charge in [0.25, 0.3) is 0 Å². The fraction of sp³-hybridized carbons (Fsp3) is 0.231. The number of nitrogens with one attached hydrogen (secondary N) is 1. The third kappa shape index (κ3) is 3.09. The molecule has 0 saturated carbocycles. The van der Waals surface area contributed by atoms with Crippen LogP contribution in [-0.2, 0) is 0 Å². The van der Waals surface area contributed by atoms with Crippen LogP contribution in [-0.4, -0.2) is 7.11 Å². The Bertz CT molecular complexity index is 540. The van der Waals surface area contributed by atoms with Crippen LogP contribution in [0.25, 0.3) is 0 Å². The van der Waals surface area contributed by atoms with E-state index in [0.29, 0.717) is 0 Å². The van der Waals surface area contributed by atoms with Crippen molar-refractivity contribution in [2.45, 2.75) is 13.0 Å². The van der Waals surface area contributed by atoms with E-state index < -0.39 is 0 Å². The van der Waals surface area contributed by atoms with E-state index in [4.69, 9.17) is 9.15 Å². The Hall–Kier alpha value is -0.940. The minimum atomic E-state index is 0.0692. The molecule has 0 aliphatic carbocycles. The van der Waals surface area contributed by atoms with Crippen molar-refractivity contribution in [1.29, 1.82) is 0 Å². The van der Waals surface area contributed by atoms with Gasteiger partial charge in [-0.2, -0.15) is 0 Å². The zero-order valence-electron chi connectivity index (χ0n) is 10.0. The van der Waals surface area contributed by atoms with Gasteiger partial charge < -0.3 is 14.5 Å². The molecule has 0 aliphatic rings.